The van der Waals surface area contributed by atoms with E-state index in [2.05, 4.69) is 10.3 Å². The number of rotatable bonds is 2. The number of hydrogen-bond acceptors (Lipinski definition) is 1. The van der Waals surface area contributed by atoms with E-state index in [-0.39, 0.29) is 5.91 Å². The minimum absolute atomic E-state index is 0.0431. The molecule has 2 aromatic rings. The molecule has 3 nitrogen and oxygen atoms in total. The molecule has 0 atom stereocenters. The molecule has 1 aromatic heterocycles. The Morgan fingerprint density at radius 1 is 1.18 bits per heavy atom. The summed E-state index contributed by atoms with van der Waals surface area (Å²) in [5.74, 6) is -0.0431. The van der Waals surface area contributed by atoms with Crippen LogP contribution in [0.3, 0.4) is 0 Å². The number of nitrogens with one attached hydrogen (secondary N) is 2. The van der Waals surface area contributed by atoms with E-state index in [0.717, 1.165) is 28.1 Å². The van der Waals surface area contributed by atoms with Gasteiger partial charge in [0.2, 0.25) is 0 Å². The summed E-state index contributed by atoms with van der Waals surface area (Å²) in [4.78, 5) is 15.1. The Morgan fingerprint density at radius 2 is 1.82 bits per heavy atom. The number of hydrogen-bond donors (Lipinski definition) is 2. The number of aromatic nitrogens is 1. The summed E-state index contributed by atoms with van der Waals surface area (Å²) in [6, 6.07) is 10.0. The van der Waals surface area contributed by atoms with Gasteiger partial charge in [-0.1, -0.05) is 30.3 Å². The van der Waals surface area contributed by atoms with Crippen molar-refractivity contribution in [3.05, 3.63) is 47.2 Å². The van der Waals surface area contributed by atoms with Crippen LogP contribution in [0.5, 0.6) is 0 Å². The molecule has 0 aliphatic carbocycles. The van der Waals surface area contributed by atoms with Gasteiger partial charge >= 0.3 is 0 Å². The summed E-state index contributed by atoms with van der Waals surface area (Å²) < 4.78 is 0. The van der Waals surface area contributed by atoms with E-state index in [4.69, 9.17) is 0 Å². The molecule has 0 saturated heterocycles. The van der Waals surface area contributed by atoms with Gasteiger partial charge in [-0.3, -0.25) is 4.79 Å². The van der Waals surface area contributed by atoms with Crippen LogP contribution in [-0.4, -0.2) is 17.9 Å². The molecule has 2 N–H and O–H groups in total. The third-order valence-corrected chi connectivity index (χ3v) is 2.95. The van der Waals surface area contributed by atoms with Gasteiger partial charge in [0, 0.05) is 18.4 Å². The Kier molecular flexibility index (Phi) is 3.00. The van der Waals surface area contributed by atoms with Gasteiger partial charge in [0.15, 0.2) is 0 Å². The Morgan fingerprint density at radius 3 is 2.41 bits per heavy atom. The minimum atomic E-state index is -0.0431. The first-order valence-electron chi connectivity index (χ1n) is 5.61. The van der Waals surface area contributed by atoms with E-state index < -0.39 is 0 Å². The lowest BCUT2D eigenvalue weighted by atomic mass is 10.1. The average Bonchev–Trinajstić information content (AvgIpc) is 2.65. The number of carbonyl (C=O) groups is 1. The van der Waals surface area contributed by atoms with Crippen LogP contribution in [0.2, 0.25) is 0 Å². The van der Waals surface area contributed by atoms with Crippen molar-refractivity contribution in [2.24, 2.45) is 0 Å². The summed E-state index contributed by atoms with van der Waals surface area (Å²) in [7, 11) is 1.65. The van der Waals surface area contributed by atoms with Crippen LogP contribution in [0.4, 0.5) is 0 Å². The normalized spacial score (nSPS) is 10.3. The predicted molar refractivity (Wildman–Crippen MR) is 69.1 cm³/mol. The van der Waals surface area contributed by atoms with E-state index in [1.54, 1.807) is 7.05 Å². The number of benzene rings is 1. The molecule has 2 rings (SSSR count). The second-order valence-electron chi connectivity index (χ2n) is 4.07. The zero-order chi connectivity index (χ0) is 12.4. The fourth-order valence-corrected chi connectivity index (χ4v) is 2.11. The summed E-state index contributed by atoms with van der Waals surface area (Å²) >= 11 is 0. The van der Waals surface area contributed by atoms with Gasteiger partial charge in [-0.15, -0.1) is 0 Å². The summed E-state index contributed by atoms with van der Waals surface area (Å²) in [6.45, 7) is 3.89. The third kappa shape index (κ3) is 1.96. The molecule has 1 aromatic carbocycles. The van der Waals surface area contributed by atoms with Crippen molar-refractivity contribution in [2.45, 2.75) is 13.8 Å². The highest BCUT2D eigenvalue weighted by Crippen LogP contribution is 2.26. The zero-order valence-electron chi connectivity index (χ0n) is 10.3. The minimum Gasteiger partial charge on any atom is -0.358 e. The lowest BCUT2D eigenvalue weighted by molar-refractivity contribution is 0.0962. The Bertz CT molecular complexity index is 541. The summed E-state index contributed by atoms with van der Waals surface area (Å²) in [5.41, 5.74) is 4.75. The van der Waals surface area contributed by atoms with Gasteiger partial charge < -0.3 is 10.3 Å². The van der Waals surface area contributed by atoms with Gasteiger partial charge in [-0.25, -0.2) is 0 Å². The molecule has 1 heterocycles. The number of H-pyrrole nitrogens is 1. The first-order valence-corrected chi connectivity index (χ1v) is 5.61. The van der Waals surface area contributed by atoms with Crippen molar-refractivity contribution in [3.63, 3.8) is 0 Å². The van der Waals surface area contributed by atoms with Gasteiger partial charge in [-0.2, -0.15) is 0 Å². The van der Waals surface area contributed by atoms with Crippen LogP contribution in [0.25, 0.3) is 11.3 Å². The second kappa shape index (κ2) is 4.45. The van der Waals surface area contributed by atoms with E-state index in [9.17, 15) is 4.79 Å². The molecule has 17 heavy (non-hydrogen) atoms. The molecule has 0 spiro atoms. The number of carbonyl (C=O) groups excluding carboxylic acids is 1. The van der Waals surface area contributed by atoms with E-state index >= 15 is 0 Å². The molecular formula is C14H16N2O. The van der Waals surface area contributed by atoms with Crippen LogP contribution in [0, 0.1) is 13.8 Å². The first-order chi connectivity index (χ1) is 8.15. The molecule has 88 valence electrons. The molecule has 0 unspecified atom stereocenters. The SMILES string of the molecule is CNC(=O)c1c(C)[nH]c(-c2ccccc2)c1C. The zero-order valence-corrected chi connectivity index (χ0v) is 10.3. The van der Waals surface area contributed by atoms with E-state index in [1.807, 2.05) is 44.2 Å². The van der Waals surface area contributed by atoms with Gasteiger partial charge in [-0.05, 0) is 25.0 Å². The van der Waals surface area contributed by atoms with Crippen molar-refractivity contribution < 1.29 is 4.79 Å². The second-order valence-corrected chi connectivity index (χ2v) is 4.07. The van der Waals surface area contributed by atoms with Gasteiger partial charge in [0.25, 0.3) is 5.91 Å². The van der Waals surface area contributed by atoms with Crippen LogP contribution in [0.1, 0.15) is 21.6 Å². The molecule has 0 aliphatic rings. The third-order valence-electron chi connectivity index (χ3n) is 2.95. The fraction of sp³-hybridized carbons (Fsp3) is 0.214. The van der Waals surface area contributed by atoms with Crippen molar-refractivity contribution >= 4 is 5.91 Å². The number of aryl methyl sites for hydroxylation is 1. The Balaban J connectivity index is 2.56. The van der Waals surface area contributed by atoms with Gasteiger partial charge in [0.05, 0.1) is 5.56 Å². The quantitative estimate of drug-likeness (QED) is 0.815. The van der Waals surface area contributed by atoms with E-state index in [1.165, 1.54) is 0 Å². The maximum absolute atomic E-state index is 11.8. The molecule has 0 saturated carbocycles. The maximum Gasteiger partial charge on any atom is 0.253 e. The Labute approximate surface area is 101 Å². The molecule has 3 heteroatoms. The lowest BCUT2D eigenvalue weighted by Gasteiger charge is -2.01. The molecular weight excluding hydrogens is 212 g/mol. The summed E-state index contributed by atoms with van der Waals surface area (Å²) in [6.07, 6.45) is 0. The smallest absolute Gasteiger partial charge is 0.253 e. The Hall–Kier alpha value is -2.03. The highest BCUT2D eigenvalue weighted by atomic mass is 16.1. The lowest BCUT2D eigenvalue weighted by Crippen LogP contribution is -2.19. The molecule has 0 fully saturated rings. The highest BCUT2D eigenvalue weighted by molar-refractivity contribution is 5.98. The van der Waals surface area contributed by atoms with Crippen LogP contribution in [0.15, 0.2) is 30.3 Å². The maximum atomic E-state index is 11.8. The molecule has 1 amide bonds. The van der Waals surface area contributed by atoms with Gasteiger partial charge in [0.1, 0.15) is 0 Å². The van der Waals surface area contributed by atoms with Crippen molar-refractivity contribution in [3.8, 4) is 11.3 Å². The molecule has 0 bridgehead atoms. The average molecular weight is 228 g/mol. The standard InChI is InChI=1S/C14H16N2O/c1-9-12(14(17)15-3)10(2)16-13(9)11-7-5-4-6-8-11/h4-8,16H,1-3H3,(H,15,17). The van der Waals surface area contributed by atoms with Crippen LogP contribution < -0.4 is 5.32 Å². The van der Waals surface area contributed by atoms with Crippen molar-refractivity contribution in [1.29, 1.82) is 0 Å². The number of amides is 1. The van der Waals surface area contributed by atoms with E-state index in [0.29, 0.717) is 0 Å². The summed E-state index contributed by atoms with van der Waals surface area (Å²) in [5, 5.41) is 2.67. The number of aromatic amines is 1. The monoisotopic (exact) mass is 228 g/mol. The van der Waals surface area contributed by atoms with Crippen LogP contribution >= 0.6 is 0 Å². The topological polar surface area (TPSA) is 44.9 Å². The predicted octanol–water partition coefficient (Wildman–Crippen LogP) is 2.66. The largest absolute Gasteiger partial charge is 0.358 e. The van der Waals surface area contributed by atoms with Crippen molar-refractivity contribution in [1.82, 2.24) is 10.3 Å². The molecule has 0 aliphatic heterocycles. The van der Waals surface area contributed by atoms with Crippen molar-refractivity contribution in [2.75, 3.05) is 7.05 Å². The first kappa shape index (κ1) is 11.5. The molecule has 0 radical (unpaired) electrons. The highest BCUT2D eigenvalue weighted by Gasteiger charge is 2.17. The fourth-order valence-electron chi connectivity index (χ4n) is 2.11. The van der Waals surface area contributed by atoms with Crippen LogP contribution in [-0.2, 0) is 0 Å².